The highest BCUT2D eigenvalue weighted by Gasteiger charge is 2.28. The Kier molecular flexibility index (Phi) is 12.4. The molecular formula is C16H34IN5O4S. The van der Waals surface area contributed by atoms with Crippen LogP contribution in [0.1, 0.15) is 20.8 Å². The van der Waals surface area contributed by atoms with E-state index < -0.39 is 10.0 Å². The Morgan fingerprint density at radius 1 is 1.22 bits per heavy atom. The van der Waals surface area contributed by atoms with Gasteiger partial charge in [-0.15, -0.1) is 24.0 Å². The smallest absolute Gasteiger partial charge is 0.243 e. The van der Waals surface area contributed by atoms with Crippen molar-refractivity contribution in [3.8, 4) is 0 Å². The van der Waals surface area contributed by atoms with Crippen molar-refractivity contribution < 1.29 is 17.9 Å². The molecule has 1 saturated heterocycles. The lowest BCUT2D eigenvalue weighted by Crippen LogP contribution is -2.54. The van der Waals surface area contributed by atoms with Crippen LogP contribution < -0.4 is 5.32 Å². The second-order valence-corrected chi connectivity index (χ2v) is 8.67. The predicted octanol–water partition coefficient (Wildman–Crippen LogP) is 0.0305. The SMILES string of the molecule is CCNC(=NCC(=O)N(C)C)N1CCN(S(=O)(=O)CCOC(C)C)CC1.I. The van der Waals surface area contributed by atoms with Crippen LogP contribution >= 0.6 is 24.0 Å². The maximum Gasteiger partial charge on any atom is 0.243 e. The number of ether oxygens (including phenoxy) is 1. The summed E-state index contributed by atoms with van der Waals surface area (Å²) < 4.78 is 31.6. The Balaban J connectivity index is 0.00000676. The van der Waals surface area contributed by atoms with Gasteiger partial charge in [0.1, 0.15) is 6.54 Å². The van der Waals surface area contributed by atoms with Crippen LogP contribution in [0.4, 0.5) is 0 Å². The third-order valence-electron chi connectivity index (χ3n) is 3.92. The van der Waals surface area contributed by atoms with Gasteiger partial charge >= 0.3 is 0 Å². The highest BCUT2D eigenvalue weighted by molar-refractivity contribution is 14.0. The Morgan fingerprint density at radius 2 is 1.81 bits per heavy atom. The lowest BCUT2D eigenvalue weighted by Gasteiger charge is -2.35. The zero-order valence-electron chi connectivity index (χ0n) is 17.0. The highest BCUT2D eigenvalue weighted by atomic mass is 127. The summed E-state index contributed by atoms with van der Waals surface area (Å²) in [6.07, 6.45) is 0.0193. The van der Waals surface area contributed by atoms with Crippen LogP contribution in [0.25, 0.3) is 0 Å². The van der Waals surface area contributed by atoms with E-state index in [1.165, 1.54) is 9.21 Å². The number of hydrogen-bond acceptors (Lipinski definition) is 5. The lowest BCUT2D eigenvalue weighted by atomic mass is 10.4. The molecule has 0 aliphatic carbocycles. The molecule has 0 aromatic rings. The van der Waals surface area contributed by atoms with Crippen LogP contribution in [0.5, 0.6) is 0 Å². The molecule has 11 heteroatoms. The van der Waals surface area contributed by atoms with Crippen molar-refractivity contribution in [3.05, 3.63) is 0 Å². The highest BCUT2D eigenvalue weighted by Crippen LogP contribution is 2.09. The van der Waals surface area contributed by atoms with E-state index in [4.69, 9.17) is 4.74 Å². The van der Waals surface area contributed by atoms with Gasteiger partial charge in [-0.25, -0.2) is 13.4 Å². The molecule has 1 aliphatic rings. The first kappa shape index (κ1) is 26.3. The van der Waals surface area contributed by atoms with Crippen LogP contribution in [0, 0.1) is 0 Å². The van der Waals surface area contributed by atoms with E-state index in [0.717, 1.165) is 0 Å². The van der Waals surface area contributed by atoms with Gasteiger partial charge in [-0.1, -0.05) is 0 Å². The van der Waals surface area contributed by atoms with Crippen LogP contribution in [0.15, 0.2) is 4.99 Å². The molecule has 0 aromatic carbocycles. The Hall–Kier alpha value is -0.660. The standard InChI is InChI=1S/C16H33N5O4S.HI/c1-6-17-16(18-13-15(22)19(4)5)20-7-9-21(10-8-20)26(23,24)12-11-25-14(2)3;/h14H,6-13H2,1-5H3,(H,17,18);1H. The Morgan fingerprint density at radius 3 is 2.30 bits per heavy atom. The number of nitrogens with zero attached hydrogens (tertiary/aromatic N) is 4. The van der Waals surface area contributed by atoms with Gasteiger partial charge in [-0.2, -0.15) is 4.31 Å². The van der Waals surface area contributed by atoms with Gasteiger partial charge in [-0.3, -0.25) is 4.79 Å². The monoisotopic (exact) mass is 519 g/mol. The average molecular weight is 519 g/mol. The number of amides is 1. The van der Waals surface area contributed by atoms with E-state index in [2.05, 4.69) is 10.3 Å². The summed E-state index contributed by atoms with van der Waals surface area (Å²) >= 11 is 0. The van der Waals surface area contributed by atoms with Gasteiger partial charge in [0, 0.05) is 46.8 Å². The fraction of sp³-hybridized carbons (Fsp3) is 0.875. The summed E-state index contributed by atoms with van der Waals surface area (Å²) in [6.45, 7) is 8.54. The molecule has 0 radical (unpaired) electrons. The zero-order valence-corrected chi connectivity index (χ0v) is 20.1. The Labute approximate surface area is 180 Å². The summed E-state index contributed by atoms with van der Waals surface area (Å²) in [5.74, 6) is 0.561. The fourth-order valence-electron chi connectivity index (χ4n) is 2.41. The molecule has 1 N–H and O–H groups in total. The first-order valence-corrected chi connectivity index (χ1v) is 10.6. The maximum absolute atomic E-state index is 12.4. The number of sulfonamides is 1. The molecule has 1 aliphatic heterocycles. The minimum absolute atomic E-state index is 0. The number of rotatable bonds is 8. The van der Waals surface area contributed by atoms with Crippen molar-refractivity contribution in [1.82, 2.24) is 19.4 Å². The summed E-state index contributed by atoms with van der Waals surface area (Å²) in [7, 11) is 0.0670. The molecule has 1 amide bonds. The number of halogens is 1. The van der Waals surface area contributed by atoms with E-state index in [9.17, 15) is 13.2 Å². The zero-order chi connectivity index (χ0) is 19.7. The number of carbonyl (C=O) groups is 1. The van der Waals surface area contributed by atoms with Crippen molar-refractivity contribution in [3.63, 3.8) is 0 Å². The average Bonchev–Trinajstić information content (AvgIpc) is 2.57. The first-order chi connectivity index (χ1) is 12.2. The largest absolute Gasteiger partial charge is 0.378 e. The van der Waals surface area contributed by atoms with Crippen LogP contribution in [0.2, 0.25) is 0 Å². The van der Waals surface area contributed by atoms with E-state index >= 15 is 0 Å². The first-order valence-electron chi connectivity index (χ1n) is 9.00. The number of aliphatic imine (C=N–C) groups is 1. The minimum atomic E-state index is -3.32. The number of hydrogen-bond donors (Lipinski definition) is 1. The molecule has 0 saturated carbocycles. The number of likely N-dealkylation sites (N-methyl/N-ethyl adjacent to an activating group) is 1. The molecule has 160 valence electrons. The molecule has 27 heavy (non-hydrogen) atoms. The van der Waals surface area contributed by atoms with Crippen molar-refractivity contribution >= 4 is 45.9 Å². The minimum Gasteiger partial charge on any atom is -0.378 e. The van der Waals surface area contributed by atoms with E-state index in [-0.39, 0.29) is 54.9 Å². The topological polar surface area (TPSA) is 94.5 Å². The van der Waals surface area contributed by atoms with Crippen molar-refractivity contribution in [2.24, 2.45) is 4.99 Å². The quantitative estimate of drug-likeness (QED) is 0.276. The van der Waals surface area contributed by atoms with Crippen LogP contribution in [0.3, 0.4) is 0 Å². The maximum atomic E-state index is 12.4. The molecule has 0 aromatic heterocycles. The summed E-state index contributed by atoms with van der Waals surface area (Å²) in [5.41, 5.74) is 0. The van der Waals surface area contributed by atoms with Gasteiger partial charge in [0.05, 0.1) is 18.5 Å². The van der Waals surface area contributed by atoms with E-state index in [1.807, 2.05) is 25.7 Å². The second kappa shape index (κ2) is 12.7. The predicted molar refractivity (Wildman–Crippen MR) is 118 cm³/mol. The number of nitrogens with one attached hydrogen (secondary N) is 1. The second-order valence-electron chi connectivity index (χ2n) is 6.58. The molecule has 1 rings (SSSR count). The van der Waals surface area contributed by atoms with Crippen molar-refractivity contribution in [2.45, 2.75) is 26.9 Å². The summed E-state index contributed by atoms with van der Waals surface area (Å²) in [4.78, 5) is 19.6. The molecular weight excluding hydrogens is 485 g/mol. The molecule has 0 unspecified atom stereocenters. The van der Waals surface area contributed by atoms with Gasteiger partial charge in [0.2, 0.25) is 15.9 Å². The molecule has 1 heterocycles. The van der Waals surface area contributed by atoms with Crippen molar-refractivity contribution in [1.29, 1.82) is 0 Å². The van der Waals surface area contributed by atoms with Gasteiger partial charge in [-0.05, 0) is 20.8 Å². The Bertz CT molecular complexity index is 575. The fourth-order valence-corrected chi connectivity index (χ4v) is 3.69. The third kappa shape index (κ3) is 9.39. The summed E-state index contributed by atoms with van der Waals surface area (Å²) in [6, 6.07) is 0. The van der Waals surface area contributed by atoms with Crippen LogP contribution in [-0.2, 0) is 19.6 Å². The van der Waals surface area contributed by atoms with E-state index in [0.29, 0.717) is 38.7 Å². The normalized spacial score (nSPS) is 16.2. The third-order valence-corrected chi connectivity index (χ3v) is 5.76. The molecule has 0 bridgehead atoms. The van der Waals surface area contributed by atoms with Crippen LogP contribution in [-0.4, -0.2) is 106 Å². The summed E-state index contributed by atoms with van der Waals surface area (Å²) in [5, 5.41) is 3.16. The number of guanidine groups is 1. The molecule has 0 atom stereocenters. The van der Waals surface area contributed by atoms with Gasteiger partial charge in [0.25, 0.3) is 0 Å². The lowest BCUT2D eigenvalue weighted by molar-refractivity contribution is -0.127. The number of carbonyl (C=O) groups excluding carboxylic acids is 1. The van der Waals surface area contributed by atoms with E-state index in [1.54, 1.807) is 14.1 Å². The van der Waals surface area contributed by atoms with Gasteiger partial charge in [0.15, 0.2) is 5.96 Å². The molecule has 0 spiro atoms. The molecule has 9 nitrogen and oxygen atoms in total. The van der Waals surface area contributed by atoms with Gasteiger partial charge < -0.3 is 19.9 Å². The number of piperazine rings is 1. The molecule has 1 fully saturated rings. The van der Waals surface area contributed by atoms with Crippen molar-refractivity contribution in [2.75, 3.05) is 65.7 Å².